The molecule has 1 amide bonds. The summed E-state index contributed by atoms with van der Waals surface area (Å²) in [6, 6.07) is 7.16. The zero-order valence-corrected chi connectivity index (χ0v) is 16.7. The molecule has 0 unspecified atom stereocenters. The van der Waals surface area contributed by atoms with Crippen molar-refractivity contribution in [3.05, 3.63) is 33.2 Å². The molecule has 0 saturated carbocycles. The fraction of sp³-hybridized carbons (Fsp3) is 0.400. The topological polar surface area (TPSA) is 50.2 Å². The van der Waals surface area contributed by atoms with Gasteiger partial charge in [-0.2, -0.15) is 5.10 Å². The van der Waals surface area contributed by atoms with E-state index >= 15 is 0 Å². The van der Waals surface area contributed by atoms with Gasteiger partial charge in [-0.25, -0.2) is 4.68 Å². The summed E-state index contributed by atoms with van der Waals surface area (Å²) in [6.45, 7) is 2.83. The molecule has 0 saturated heterocycles. The van der Waals surface area contributed by atoms with Crippen LogP contribution in [0.5, 0.6) is 0 Å². The molecule has 0 aliphatic rings. The number of nitrogens with one attached hydrogen (secondary N) is 1. The van der Waals surface area contributed by atoms with E-state index in [1.807, 2.05) is 24.1 Å². The van der Waals surface area contributed by atoms with E-state index < -0.39 is 0 Å². The number of likely N-dealkylation sites (N-methyl/N-ethyl adjacent to an activating group) is 1. The molecule has 0 atom stereocenters. The highest BCUT2D eigenvalue weighted by Gasteiger charge is 2.11. The molecule has 0 bridgehead atoms. The van der Waals surface area contributed by atoms with Gasteiger partial charge in [0.05, 0.1) is 23.9 Å². The molecule has 1 aromatic carbocycles. The van der Waals surface area contributed by atoms with Crippen LogP contribution in [-0.4, -0.2) is 39.9 Å². The molecule has 24 heavy (non-hydrogen) atoms. The number of amides is 1. The van der Waals surface area contributed by atoms with Crippen molar-refractivity contribution in [1.82, 2.24) is 14.7 Å². The quantitative estimate of drug-likeness (QED) is 0.525. The summed E-state index contributed by atoms with van der Waals surface area (Å²) in [5.41, 5.74) is 0.612. The second-order valence-corrected chi connectivity index (χ2v) is 8.54. The predicted octanol–water partition coefficient (Wildman–Crippen LogP) is 4.36. The SMILES string of the molecule is CCCSc1nn(CN(C)CC(=O)Nc2ccccc2Cl)c(=S)s1. The second kappa shape index (κ2) is 9.53. The van der Waals surface area contributed by atoms with Crippen LogP contribution in [0.15, 0.2) is 28.6 Å². The van der Waals surface area contributed by atoms with Gasteiger partial charge >= 0.3 is 0 Å². The molecular formula is C15H19ClN4OS3. The number of hydrogen-bond acceptors (Lipinski definition) is 6. The van der Waals surface area contributed by atoms with Gasteiger partial charge in [0.25, 0.3) is 0 Å². The van der Waals surface area contributed by atoms with Gasteiger partial charge in [0, 0.05) is 5.75 Å². The fourth-order valence-corrected chi connectivity index (χ4v) is 4.33. The number of carbonyl (C=O) groups is 1. The molecule has 1 N–H and O–H groups in total. The maximum atomic E-state index is 12.1. The van der Waals surface area contributed by atoms with Crippen molar-refractivity contribution in [3.63, 3.8) is 0 Å². The average molecular weight is 403 g/mol. The van der Waals surface area contributed by atoms with Gasteiger partial charge < -0.3 is 5.32 Å². The second-order valence-electron chi connectivity index (χ2n) is 5.17. The summed E-state index contributed by atoms with van der Waals surface area (Å²) >= 11 is 14.6. The molecule has 0 radical (unpaired) electrons. The third-order valence-electron chi connectivity index (χ3n) is 2.95. The molecule has 5 nitrogen and oxygen atoms in total. The Morgan fingerprint density at radius 2 is 2.25 bits per heavy atom. The molecule has 2 aromatic rings. The molecule has 0 spiro atoms. The monoisotopic (exact) mass is 402 g/mol. The van der Waals surface area contributed by atoms with Crippen molar-refractivity contribution in [2.75, 3.05) is 24.7 Å². The number of hydrogen-bond donors (Lipinski definition) is 1. The number of anilines is 1. The van der Waals surface area contributed by atoms with Crippen molar-refractivity contribution >= 4 is 58.5 Å². The first-order valence-corrected chi connectivity index (χ1v) is 10.0. The summed E-state index contributed by atoms with van der Waals surface area (Å²) in [6.07, 6.45) is 1.10. The van der Waals surface area contributed by atoms with Crippen LogP contribution in [0.2, 0.25) is 5.02 Å². The van der Waals surface area contributed by atoms with E-state index in [0.717, 1.165) is 16.5 Å². The standard InChI is InChI=1S/C15H19ClN4OS3/c1-3-8-23-14-18-20(15(22)24-14)10-19(2)9-13(21)17-12-7-5-4-6-11(12)16/h4-7H,3,8-10H2,1-2H3,(H,17,21). The predicted molar refractivity (Wildman–Crippen MR) is 105 cm³/mol. The minimum absolute atomic E-state index is 0.132. The van der Waals surface area contributed by atoms with Crippen molar-refractivity contribution in [1.29, 1.82) is 0 Å². The van der Waals surface area contributed by atoms with Gasteiger partial charge in [-0.15, -0.1) is 0 Å². The van der Waals surface area contributed by atoms with Gasteiger partial charge in [-0.3, -0.25) is 9.69 Å². The Morgan fingerprint density at radius 3 is 2.96 bits per heavy atom. The first-order valence-electron chi connectivity index (χ1n) is 7.43. The van der Waals surface area contributed by atoms with Crippen LogP contribution in [0.25, 0.3) is 0 Å². The number of rotatable bonds is 8. The summed E-state index contributed by atoms with van der Waals surface area (Å²) < 4.78 is 3.43. The average Bonchev–Trinajstić information content (AvgIpc) is 2.87. The van der Waals surface area contributed by atoms with Crippen LogP contribution in [0, 0.1) is 3.95 Å². The maximum Gasteiger partial charge on any atom is 0.238 e. The molecule has 2 rings (SSSR count). The Morgan fingerprint density at radius 1 is 1.50 bits per heavy atom. The first kappa shape index (κ1) is 19.4. The Kier molecular flexibility index (Phi) is 7.70. The number of nitrogens with zero attached hydrogens (tertiary/aromatic N) is 3. The minimum atomic E-state index is -0.132. The van der Waals surface area contributed by atoms with E-state index in [0.29, 0.717) is 21.3 Å². The zero-order valence-electron chi connectivity index (χ0n) is 13.5. The highest BCUT2D eigenvalue weighted by atomic mass is 35.5. The number of thioether (sulfide) groups is 1. The van der Waals surface area contributed by atoms with Gasteiger partial charge in [0.15, 0.2) is 8.29 Å². The van der Waals surface area contributed by atoms with Crippen molar-refractivity contribution in [2.45, 2.75) is 24.4 Å². The molecule has 1 aromatic heterocycles. The van der Waals surface area contributed by atoms with Gasteiger partial charge in [-0.1, -0.05) is 53.8 Å². The van der Waals surface area contributed by atoms with Gasteiger partial charge in [0.1, 0.15) is 0 Å². The van der Waals surface area contributed by atoms with E-state index in [4.69, 9.17) is 23.8 Å². The minimum Gasteiger partial charge on any atom is -0.324 e. The lowest BCUT2D eigenvalue weighted by Crippen LogP contribution is -2.32. The molecular weight excluding hydrogens is 384 g/mol. The van der Waals surface area contributed by atoms with E-state index in [2.05, 4.69) is 17.3 Å². The lowest BCUT2D eigenvalue weighted by Gasteiger charge is -2.16. The largest absolute Gasteiger partial charge is 0.324 e. The molecule has 0 aliphatic heterocycles. The Balaban J connectivity index is 1.90. The molecule has 130 valence electrons. The highest BCUT2D eigenvalue weighted by molar-refractivity contribution is 8.01. The van der Waals surface area contributed by atoms with Crippen LogP contribution in [-0.2, 0) is 11.5 Å². The van der Waals surface area contributed by atoms with E-state index in [9.17, 15) is 4.79 Å². The van der Waals surface area contributed by atoms with E-state index in [1.165, 1.54) is 11.3 Å². The third-order valence-corrected chi connectivity index (χ3v) is 5.93. The van der Waals surface area contributed by atoms with Crippen LogP contribution >= 0.6 is 46.9 Å². The Hall–Kier alpha value is -0.930. The maximum absolute atomic E-state index is 12.1. The fourth-order valence-electron chi connectivity index (χ4n) is 1.90. The van der Waals surface area contributed by atoms with Crippen LogP contribution < -0.4 is 5.32 Å². The first-order chi connectivity index (χ1) is 11.5. The van der Waals surface area contributed by atoms with E-state index in [1.54, 1.807) is 28.6 Å². The summed E-state index contributed by atoms with van der Waals surface area (Å²) in [5, 5.41) is 7.82. The summed E-state index contributed by atoms with van der Waals surface area (Å²) in [5.74, 6) is 0.895. The molecule has 9 heteroatoms. The summed E-state index contributed by atoms with van der Waals surface area (Å²) in [7, 11) is 1.85. The van der Waals surface area contributed by atoms with E-state index in [-0.39, 0.29) is 12.5 Å². The number of halogens is 1. The lowest BCUT2D eigenvalue weighted by atomic mass is 10.3. The molecule has 0 aliphatic carbocycles. The van der Waals surface area contributed by atoms with Gasteiger partial charge in [0.2, 0.25) is 5.91 Å². The van der Waals surface area contributed by atoms with Crippen molar-refractivity contribution in [2.24, 2.45) is 0 Å². The highest BCUT2D eigenvalue weighted by Crippen LogP contribution is 2.23. The number of carbonyl (C=O) groups excluding carboxylic acids is 1. The number of para-hydroxylation sites is 1. The smallest absolute Gasteiger partial charge is 0.238 e. The van der Waals surface area contributed by atoms with Crippen molar-refractivity contribution in [3.8, 4) is 0 Å². The normalized spacial score (nSPS) is 11.0. The van der Waals surface area contributed by atoms with Crippen LogP contribution in [0.1, 0.15) is 13.3 Å². The van der Waals surface area contributed by atoms with Crippen LogP contribution in [0.4, 0.5) is 5.69 Å². The van der Waals surface area contributed by atoms with Gasteiger partial charge in [-0.05, 0) is 37.8 Å². The molecule has 1 heterocycles. The summed E-state index contributed by atoms with van der Waals surface area (Å²) in [4.78, 5) is 14.0. The zero-order chi connectivity index (χ0) is 17.5. The lowest BCUT2D eigenvalue weighted by molar-refractivity contribution is -0.117. The Labute approximate surface area is 160 Å². The third kappa shape index (κ3) is 5.86. The number of aromatic nitrogens is 2. The number of benzene rings is 1. The van der Waals surface area contributed by atoms with Crippen LogP contribution in [0.3, 0.4) is 0 Å². The Bertz CT molecular complexity index is 746. The van der Waals surface area contributed by atoms with Crippen molar-refractivity contribution < 1.29 is 4.79 Å². The molecule has 0 fully saturated rings.